The lowest BCUT2D eigenvalue weighted by Crippen LogP contribution is -2.30. The Kier molecular flexibility index (Phi) is 7.57. The van der Waals surface area contributed by atoms with Gasteiger partial charge in [0.1, 0.15) is 18.4 Å². The third-order valence-electron chi connectivity index (χ3n) is 5.49. The number of benzene rings is 2. The first kappa shape index (κ1) is 23.9. The summed E-state index contributed by atoms with van der Waals surface area (Å²) in [4.78, 5) is 17.8. The standard InChI is InChI=1S/C26H30N4O3S/c1-5-15-32-24(31)22-18(4)27-25-28-26(34-6-2)29-30(25)23(22)20-9-7-8-10-21(20)33-16-19-13-11-17(3)12-14-19/h7-14,23H,5-6,15-16H2,1-4H3,(H,27,28,29). The van der Waals surface area contributed by atoms with Gasteiger partial charge in [0.15, 0.2) is 0 Å². The number of allylic oxidation sites excluding steroid dienone is 1. The van der Waals surface area contributed by atoms with E-state index in [1.165, 1.54) is 5.56 Å². The molecule has 0 amide bonds. The van der Waals surface area contributed by atoms with Crippen LogP contribution < -0.4 is 10.1 Å². The molecule has 178 valence electrons. The first-order valence-electron chi connectivity index (χ1n) is 11.5. The highest BCUT2D eigenvalue weighted by atomic mass is 32.2. The SMILES string of the molecule is CCCOC(=O)C1=C(C)Nc2nc(SCC)nn2C1c1ccccc1OCc1ccc(C)cc1. The molecule has 1 aromatic heterocycles. The Hall–Kier alpha value is -3.26. The van der Waals surface area contributed by atoms with Gasteiger partial charge in [-0.25, -0.2) is 9.48 Å². The Morgan fingerprint density at radius 2 is 1.88 bits per heavy atom. The molecular formula is C26H30N4O3S. The van der Waals surface area contributed by atoms with Crippen molar-refractivity contribution in [1.82, 2.24) is 14.8 Å². The zero-order valence-electron chi connectivity index (χ0n) is 20.0. The molecule has 7 nitrogen and oxygen atoms in total. The number of aromatic nitrogens is 3. The number of anilines is 1. The van der Waals surface area contributed by atoms with Crippen molar-refractivity contribution in [3.63, 3.8) is 0 Å². The molecule has 0 bridgehead atoms. The van der Waals surface area contributed by atoms with Gasteiger partial charge in [-0.1, -0.05) is 73.6 Å². The van der Waals surface area contributed by atoms with Gasteiger partial charge in [-0.3, -0.25) is 0 Å². The van der Waals surface area contributed by atoms with Crippen LogP contribution in [0.2, 0.25) is 0 Å². The van der Waals surface area contributed by atoms with Gasteiger partial charge >= 0.3 is 5.97 Å². The molecule has 2 aromatic carbocycles. The number of para-hydroxylation sites is 1. The number of ether oxygens (including phenoxy) is 2. The summed E-state index contributed by atoms with van der Waals surface area (Å²) < 4.78 is 13.6. The number of rotatable bonds is 9. The number of thioether (sulfide) groups is 1. The Labute approximate surface area is 204 Å². The van der Waals surface area contributed by atoms with E-state index in [0.29, 0.717) is 41.3 Å². The number of carbonyl (C=O) groups is 1. The van der Waals surface area contributed by atoms with Crippen LogP contribution in [0.25, 0.3) is 0 Å². The first-order valence-corrected chi connectivity index (χ1v) is 12.5. The lowest BCUT2D eigenvalue weighted by Gasteiger charge is -2.29. The molecule has 4 rings (SSSR count). The second kappa shape index (κ2) is 10.8. The van der Waals surface area contributed by atoms with Crippen LogP contribution in [0.4, 0.5) is 5.95 Å². The van der Waals surface area contributed by atoms with Crippen molar-refractivity contribution in [2.24, 2.45) is 0 Å². The number of fused-ring (bicyclic) bond motifs is 1. The van der Waals surface area contributed by atoms with E-state index in [1.807, 2.05) is 38.1 Å². The number of esters is 1. The van der Waals surface area contributed by atoms with E-state index in [2.05, 4.69) is 48.4 Å². The minimum absolute atomic E-state index is 0.356. The minimum atomic E-state index is -0.520. The molecule has 1 aliphatic rings. The van der Waals surface area contributed by atoms with E-state index < -0.39 is 6.04 Å². The molecule has 0 spiro atoms. The minimum Gasteiger partial charge on any atom is -0.489 e. The molecule has 2 heterocycles. The maximum atomic E-state index is 13.2. The van der Waals surface area contributed by atoms with E-state index >= 15 is 0 Å². The summed E-state index contributed by atoms with van der Waals surface area (Å²) in [5, 5.41) is 8.62. The van der Waals surface area contributed by atoms with Crippen molar-refractivity contribution in [1.29, 1.82) is 0 Å². The van der Waals surface area contributed by atoms with E-state index in [1.54, 1.807) is 16.4 Å². The van der Waals surface area contributed by atoms with Crippen LogP contribution in [0, 0.1) is 6.92 Å². The van der Waals surface area contributed by atoms with Gasteiger partial charge in [-0.15, -0.1) is 5.10 Å². The fourth-order valence-corrected chi connectivity index (χ4v) is 4.38. The molecule has 0 saturated carbocycles. The maximum Gasteiger partial charge on any atom is 0.338 e. The summed E-state index contributed by atoms with van der Waals surface area (Å²) >= 11 is 1.55. The molecule has 1 aliphatic heterocycles. The van der Waals surface area contributed by atoms with Crippen LogP contribution in [0.5, 0.6) is 5.75 Å². The molecule has 8 heteroatoms. The summed E-state index contributed by atoms with van der Waals surface area (Å²) in [6, 6.07) is 15.5. The molecule has 34 heavy (non-hydrogen) atoms. The van der Waals surface area contributed by atoms with Gasteiger partial charge in [0.05, 0.1) is 12.2 Å². The Bertz CT molecular complexity index is 1190. The maximum absolute atomic E-state index is 13.2. The van der Waals surface area contributed by atoms with Crippen LogP contribution in [-0.2, 0) is 16.1 Å². The second-order valence-corrected chi connectivity index (χ2v) is 9.34. The Balaban J connectivity index is 1.74. The van der Waals surface area contributed by atoms with E-state index in [-0.39, 0.29) is 5.97 Å². The molecule has 1 atom stereocenters. The summed E-state index contributed by atoms with van der Waals surface area (Å²) in [6.07, 6.45) is 0.748. The average Bonchev–Trinajstić information content (AvgIpc) is 3.23. The molecule has 0 aliphatic carbocycles. The zero-order chi connectivity index (χ0) is 24.1. The van der Waals surface area contributed by atoms with Gasteiger partial charge < -0.3 is 14.8 Å². The molecule has 0 saturated heterocycles. The predicted octanol–water partition coefficient (Wildman–Crippen LogP) is 5.52. The lowest BCUT2D eigenvalue weighted by atomic mass is 9.95. The highest BCUT2D eigenvalue weighted by molar-refractivity contribution is 7.99. The fraction of sp³-hybridized carbons (Fsp3) is 0.346. The van der Waals surface area contributed by atoms with Crippen molar-refractivity contribution in [2.45, 2.75) is 51.9 Å². The number of aryl methyl sites for hydroxylation is 1. The topological polar surface area (TPSA) is 78.3 Å². The van der Waals surface area contributed by atoms with Gasteiger partial charge in [0.2, 0.25) is 11.1 Å². The van der Waals surface area contributed by atoms with Crippen LogP contribution in [0.1, 0.15) is 49.9 Å². The number of nitrogens with one attached hydrogen (secondary N) is 1. The van der Waals surface area contributed by atoms with Crippen LogP contribution in [0.15, 0.2) is 65.0 Å². The summed E-state index contributed by atoms with van der Waals surface area (Å²) in [6.45, 7) is 8.74. The van der Waals surface area contributed by atoms with Crippen LogP contribution >= 0.6 is 11.8 Å². The van der Waals surface area contributed by atoms with Gasteiger partial charge in [-0.05, 0) is 37.7 Å². The predicted molar refractivity (Wildman–Crippen MR) is 134 cm³/mol. The molecule has 0 radical (unpaired) electrons. The molecular weight excluding hydrogens is 448 g/mol. The summed E-state index contributed by atoms with van der Waals surface area (Å²) in [7, 11) is 0. The highest BCUT2D eigenvalue weighted by Crippen LogP contribution is 2.40. The quantitative estimate of drug-likeness (QED) is 0.320. The second-order valence-electron chi connectivity index (χ2n) is 8.11. The molecule has 1 N–H and O–H groups in total. The molecule has 1 unspecified atom stereocenters. The number of hydrogen-bond acceptors (Lipinski definition) is 7. The van der Waals surface area contributed by atoms with E-state index in [9.17, 15) is 4.79 Å². The van der Waals surface area contributed by atoms with Crippen molar-refractivity contribution in [2.75, 3.05) is 17.7 Å². The number of nitrogens with zero attached hydrogens (tertiary/aromatic N) is 3. The summed E-state index contributed by atoms with van der Waals surface area (Å²) in [5.41, 5.74) is 4.31. The highest BCUT2D eigenvalue weighted by Gasteiger charge is 2.36. The zero-order valence-corrected chi connectivity index (χ0v) is 20.8. The lowest BCUT2D eigenvalue weighted by molar-refractivity contribution is -0.139. The van der Waals surface area contributed by atoms with Crippen molar-refractivity contribution in [3.05, 3.63) is 76.5 Å². The third kappa shape index (κ3) is 5.12. The number of carbonyl (C=O) groups excluding carboxylic acids is 1. The van der Waals surface area contributed by atoms with Crippen LogP contribution in [-0.4, -0.2) is 33.1 Å². The molecule has 0 fully saturated rings. The fourth-order valence-electron chi connectivity index (χ4n) is 3.83. The Morgan fingerprint density at radius 1 is 1.12 bits per heavy atom. The normalized spacial score (nSPS) is 15.0. The number of hydrogen-bond donors (Lipinski definition) is 1. The first-order chi connectivity index (χ1) is 16.5. The average molecular weight is 479 g/mol. The molecule has 3 aromatic rings. The van der Waals surface area contributed by atoms with Crippen molar-refractivity contribution in [3.8, 4) is 5.75 Å². The third-order valence-corrected chi connectivity index (χ3v) is 6.21. The van der Waals surface area contributed by atoms with Crippen molar-refractivity contribution < 1.29 is 14.3 Å². The largest absolute Gasteiger partial charge is 0.489 e. The monoisotopic (exact) mass is 478 g/mol. The smallest absolute Gasteiger partial charge is 0.338 e. The van der Waals surface area contributed by atoms with Gasteiger partial charge in [0.25, 0.3) is 0 Å². The van der Waals surface area contributed by atoms with Gasteiger partial charge in [0, 0.05) is 11.3 Å². The van der Waals surface area contributed by atoms with Crippen molar-refractivity contribution >= 4 is 23.7 Å². The Morgan fingerprint density at radius 3 is 2.62 bits per heavy atom. The summed E-state index contributed by atoms with van der Waals surface area (Å²) in [5.74, 6) is 1.77. The van der Waals surface area contributed by atoms with E-state index in [0.717, 1.165) is 23.3 Å². The van der Waals surface area contributed by atoms with Gasteiger partial charge in [-0.2, -0.15) is 4.98 Å². The van der Waals surface area contributed by atoms with E-state index in [4.69, 9.17) is 14.6 Å². The van der Waals surface area contributed by atoms with Crippen LogP contribution in [0.3, 0.4) is 0 Å².